The quantitative estimate of drug-likeness (QED) is 0.398. The molecule has 0 aromatic carbocycles. The van der Waals surface area contributed by atoms with Crippen LogP contribution >= 0.6 is 0 Å². The Balaban J connectivity index is 2.59. The summed E-state index contributed by atoms with van der Waals surface area (Å²) in [6.45, 7) is 7.94. The molecule has 0 fully saturated rings. The van der Waals surface area contributed by atoms with Crippen LogP contribution in [0.3, 0.4) is 0 Å². The molecule has 1 aromatic heterocycles. The van der Waals surface area contributed by atoms with Crippen molar-refractivity contribution in [2.75, 3.05) is 17.3 Å². The fourth-order valence-corrected chi connectivity index (χ4v) is 1.45. The summed E-state index contributed by atoms with van der Waals surface area (Å²) in [7, 11) is 0. The van der Waals surface area contributed by atoms with Gasteiger partial charge >= 0.3 is 6.01 Å². The highest BCUT2D eigenvalue weighted by atomic mass is 16.5. The summed E-state index contributed by atoms with van der Waals surface area (Å²) in [4.78, 5) is 23.6. The first kappa shape index (κ1) is 16.9. The Labute approximate surface area is 124 Å². The van der Waals surface area contributed by atoms with Crippen LogP contribution in [0.1, 0.15) is 34.1 Å². The number of anilines is 2. The van der Waals surface area contributed by atoms with Gasteiger partial charge in [-0.05, 0) is 27.7 Å². The molecule has 0 aliphatic heterocycles. The van der Waals surface area contributed by atoms with Crippen molar-refractivity contribution in [3.63, 3.8) is 0 Å². The second-order valence-corrected chi connectivity index (χ2v) is 4.98. The van der Waals surface area contributed by atoms with Crippen LogP contribution in [0.15, 0.2) is 0 Å². The molecule has 0 bridgehead atoms. The number of rotatable bonds is 8. The van der Waals surface area contributed by atoms with Gasteiger partial charge in [-0.25, -0.2) is 5.84 Å². The molecule has 0 radical (unpaired) electrons. The largest absolute Gasteiger partial charge is 0.461 e. The third-order valence-electron chi connectivity index (χ3n) is 2.17. The third kappa shape index (κ3) is 6.70. The zero-order valence-electron chi connectivity index (χ0n) is 12.8. The van der Waals surface area contributed by atoms with Gasteiger partial charge in [-0.1, -0.05) is 0 Å². The molecule has 1 aromatic rings. The Kier molecular flexibility index (Phi) is 6.60. The van der Waals surface area contributed by atoms with Crippen LogP contribution in [0, 0.1) is 0 Å². The van der Waals surface area contributed by atoms with Gasteiger partial charge in [-0.2, -0.15) is 15.0 Å². The second-order valence-electron chi connectivity index (χ2n) is 4.98. The molecule has 0 saturated heterocycles. The van der Waals surface area contributed by atoms with Crippen molar-refractivity contribution < 1.29 is 9.53 Å². The monoisotopic (exact) mass is 297 g/mol. The minimum absolute atomic E-state index is 0.0395. The first-order valence-corrected chi connectivity index (χ1v) is 6.83. The van der Waals surface area contributed by atoms with E-state index < -0.39 is 0 Å². The highest BCUT2D eigenvalue weighted by molar-refractivity contribution is 5.76. The molecule has 0 unspecified atom stereocenters. The lowest BCUT2D eigenvalue weighted by molar-refractivity contribution is -0.121. The SMILES string of the molecule is CC(C)NC(=O)CCNc1nc(NN)nc(OC(C)C)n1. The van der Waals surface area contributed by atoms with Crippen molar-refractivity contribution in [2.24, 2.45) is 5.84 Å². The number of aromatic nitrogens is 3. The molecule has 1 amide bonds. The van der Waals surface area contributed by atoms with Crippen LogP contribution in [0.5, 0.6) is 6.01 Å². The zero-order valence-corrected chi connectivity index (χ0v) is 12.8. The van der Waals surface area contributed by atoms with Crippen LogP contribution in [0.2, 0.25) is 0 Å². The van der Waals surface area contributed by atoms with Crippen molar-refractivity contribution in [3.05, 3.63) is 0 Å². The Morgan fingerprint density at radius 2 is 1.86 bits per heavy atom. The molecule has 21 heavy (non-hydrogen) atoms. The maximum Gasteiger partial charge on any atom is 0.323 e. The Morgan fingerprint density at radius 1 is 1.19 bits per heavy atom. The molecule has 1 heterocycles. The van der Waals surface area contributed by atoms with E-state index in [0.717, 1.165) is 0 Å². The second kappa shape index (κ2) is 8.20. The number of amides is 1. The van der Waals surface area contributed by atoms with Gasteiger partial charge in [-0.15, -0.1) is 0 Å². The number of carbonyl (C=O) groups excluding carboxylic acids is 1. The van der Waals surface area contributed by atoms with Gasteiger partial charge in [0, 0.05) is 19.0 Å². The van der Waals surface area contributed by atoms with Crippen molar-refractivity contribution in [1.29, 1.82) is 0 Å². The number of ether oxygens (including phenoxy) is 1. The van der Waals surface area contributed by atoms with E-state index in [4.69, 9.17) is 10.6 Å². The Morgan fingerprint density at radius 3 is 2.43 bits per heavy atom. The maximum atomic E-state index is 11.5. The van der Waals surface area contributed by atoms with Crippen molar-refractivity contribution in [1.82, 2.24) is 20.3 Å². The van der Waals surface area contributed by atoms with Crippen LogP contribution in [-0.4, -0.2) is 39.5 Å². The van der Waals surface area contributed by atoms with Crippen LogP contribution in [-0.2, 0) is 4.79 Å². The number of nitrogens with zero attached hydrogens (tertiary/aromatic N) is 3. The van der Waals surface area contributed by atoms with Gasteiger partial charge in [0.05, 0.1) is 6.10 Å². The minimum atomic E-state index is -0.0669. The fraction of sp³-hybridized carbons (Fsp3) is 0.667. The van der Waals surface area contributed by atoms with Crippen LogP contribution < -0.4 is 26.6 Å². The predicted molar refractivity (Wildman–Crippen MR) is 79.8 cm³/mol. The van der Waals surface area contributed by atoms with E-state index in [1.807, 2.05) is 27.7 Å². The lowest BCUT2D eigenvalue weighted by atomic mass is 10.3. The van der Waals surface area contributed by atoms with Gasteiger partial charge in [0.15, 0.2) is 0 Å². The molecule has 1 rings (SSSR count). The minimum Gasteiger partial charge on any atom is -0.461 e. The highest BCUT2D eigenvalue weighted by Crippen LogP contribution is 2.11. The van der Waals surface area contributed by atoms with Gasteiger partial charge < -0.3 is 15.4 Å². The van der Waals surface area contributed by atoms with E-state index in [1.54, 1.807) is 0 Å². The zero-order chi connectivity index (χ0) is 15.8. The molecular weight excluding hydrogens is 274 g/mol. The number of hydrogen-bond donors (Lipinski definition) is 4. The molecule has 0 aliphatic rings. The summed E-state index contributed by atoms with van der Waals surface area (Å²) >= 11 is 0. The van der Waals surface area contributed by atoms with E-state index in [2.05, 4.69) is 31.0 Å². The van der Waals surface area contributed by atoms with Gasteiger partial charge in [-0.3, -0.25) is 10.2 Å². The van der Waals surface area contributed by atoms with E-state index >= 15 is 0 Å². The summed E-state index contributed by atoms with van der Waals surface area (Å²) < 4.78 is 5.40. The first-order valence-electron chi connectivity index (χ1n) is 6.83. The van der Waals surface area contributed by atoms with E-state index in [-0.39, 0.29) is 30.0 Å². The molecule has 9 heteroatoms. The van der Waals surface area contributed by atoms with Gasteiger partial charge in [0.2, 0.25) is 17.8 Å². The van der Waals surface area contributed by atoms with Gasteiger partial charge in [0.25, 0.3) is 0 Å². The Hall–Kier alpha value is -2.16. The highest BCUT2D eigenvalue weighted by Gasteiger charge is 2.09. The lowest BCUT2D eigenvalue weighted by Gasteiger charge is -2.11. The standard InChI is InChI=1S/C12H23N7O2/c1-7(2)15-9(20)5-6-14-10-16-11(19-13)18-12(17-10)21-8(3)4/h7-8H,5-6,13H2,1-4H3,(H,15,20)(H2,14,16,17,18,19). The molecule has 5 N–H and O–H groups in total. The van der Waals surface area contributed by atoms with Crippen LogP contribution in [0.25, 0.3) is 0 Å². The topological polar surface area (TPSA) is 127 Å². The average molecular weight is 297 g/mol. The van der Waals surface area contributed by atoms with Gasteiger partial charge in [0.1, 0.15) is 0 Å². The lowest BCUT2D eigenvalue weighted by Crippen LogP contribution is -2.31. The molecule has 0 spiro atoms. The van der Waals surface area contributed by atoms with E-state index in [0.29, 0.717) is 18.9 Å². The number of nitrogens with two attached hydrogens (primary N) is 1. The number of hydrogen-bond acceptors (Lipinski definition) is 8. The number of nitrogens with one attached hydrogen (secondary N) is 3. The summed E-state index contributed by atoms with van der Waals surface area (Å²) in [6.07, 6.45) is 0.248. The molecular formula is C12H23N7O2. The number of carbonyl (C=O) groups is 1. The summed E-state index contributed by atoms with van der Waals surface area (Å²) in [5.74, 6) is 5.75. The summed E-state index contributed by atoms with van der Waals surface area (Å²) in [5.41, 5.74) is 2.34. The summed E-state index contributed by atoms with van der Waals surface area (Å²) in [6, 6.07) is 0.288. The Bertz CT molecular complexity index is 465. The first-order chi connectivity index (χ1) is 9.90. The summed E-state index contributed by atoms with van der Waals surface area (Å²) in [5, 5.41) is 5.74. The van der Waals surface area contributed by atoms with Crippen molar-refractivity contribution >= 4 is 17.8 Å². The molecule has 118 valence electrons. The predicted octanol–water partition coefficient (Wildman–Crippen LogP) is 0.271. The van der Waals surface area contributed by atoms with Crippen molar-refractivity contribution in [3.8, 4) is 6.01 Å². The van der Waals surface area contributed by atoms with Crippen LogP contribution in [0.4, 0.5) is 11.9 Å². The smallest absolute Gasteiger partial charge is 0.323 e. The average Bonchev–Trinajstić information content (AvgIpc) is 2.36. The van der Waals surface area contributed by atoms with Crippen molar-refractivity contribution in [2.45, 2.75) is 46.3 Å². The van der Waals surface area contributed by atoms with E-state index in [1.165, 1.54) is 0 Å². The maximum absolute atomic E-state index is 11.5. The fourth-order valence-electron chi connectivity index (χ4n) is 1.45. The molecule has 0 saturated carbocycles. The third-order valence-corrected chi connectivity index (χ3v) is 2.17. The molecule has 0 aliphatic carbocycles. The molecule has 0 atom stereocenters. The van der Waals surface area contributed by atoms with E-state index in [9.17, 15) is 4.79 Å². The molecule has 9 nitrogen and oxygen atoms in total. The number of hydrazine groups is 1. The number of nitrogen functional groups attached to an aromatic ring is 1. The normalized spacial score (nSPS) is 10.6.